The molecule has 36 valence electrons. The molecule has 1 heteroatoms. The third kappa shape index (κ3) is 4.22. The van der Waals surface area contributed by atoms with Crippen molar-refractivity contribution in [2.24, 2.45) is 0 Å². The Balaban J connectivity index is 3.14. The number of alkyl halides is 1. The highest BCUT2D eigenvalue weighted by atomic mass is 79.9. The average Bonchev–Trinajstić information content (AvgIpc) is 1.35. The van der Waals surface area contributed by atoms with Crippen molar-refractivity contribution in [1.82, 2.24) is 0 Å². The molecular formula is C5H9Br. The Morgan fingerprint density at radius 2 is 2.17 bits per heavy atom. The van der Waals surface area contributed by atoms with E-state index in [4.69, 9.17) is 0 Å². The summed E-state index contributed by atoms with van der Waals surface area (Å²) < 4.78 is 0. The zero-order valence-electron chi connectivity index (χ0n) is 4.16. The molecule has 0 aromatic carbocycles. The van der Waals surface area contributed by atoms with Crippen molar-refractivity contribution in [3.63, 3.8) is 0 Å². The third-order valence-electron chi connectivity index (χ3n) is 0.485. The molecular weight excluding hydrogens is 145 g/mol. The molecule has 0 nitrogen and oxygen atoms in total. The van der Waals surface area contributed by atoms with Crippen molar-refractivity contribution < 1.29 is 0 Å². The van der Waals surface area contributed by atoms with E-state index in [-0.39, 0.29) is 0 Å². The number of rotatable bonds is 1. The summed E-state index contributed by atoms with van der Waals surface area (Å²) in [6.07, 6.45) is 2.12. The van der Waals surface area contributed by atoms with Crippen molar-refractivity contribution in [2.75, 3.05) is 5.33 Å². The molecule has 0 atom stereocenters. The van der Waals surface area contributed by atoms with Crippen molar-refractivity contribution in [3.05, 3.63) is 11.6 Å². The predicted molar refractivity (Wildman–Crippen MR) is 33.2 cm³/mol. The van der Waals surface area contributed by atoms with Crippen LogP contribution < -0.4 is 0 Å². The topological polar surface area (TPSA) is 0 Å². The van der Waals surface area contributed by atoms with Gasteiger partial charge in [-0.2, -0.15) is 0 Å². The molecule has 0 heterocycles. The quantitative estimate of drug-likeness (QED) is 0.309. The standard InChI is InChI=1S/C5H9Br/c1-5(2)3-4-6/h3H,4H2,1-2H3/i1+1,2+1,3+1,4+1,5+1. The Bertz CT molecular complexity index is 51.0. The van der Waals surface area contributed by atoms with E-state index in [1.807, 2.05) is 0 Å². The molecule has 0 aliphatic carbocycles. The summed E-state index contributed by atoms with van der Waals surface area (Å²) in [6.45, 7) is 4.17. The van der Waals surface area contributed by atoms with E-state index in [9.17, 15) is 0 Å². The van der Waals surface area contributed by atoms with Crippen molar-refractivity contribution in [1.29, 1.82) is 0 Å². The van der Waals surface area contributed by atoms with E-state index in [0.717, 1.165) is 5.33 Å². The first kappa shape index (κ1) is 6.22. The van der Waals surface area contributed by atoms with E-state index in [1.54, 1.807) is 0 Å². The summed E-state index contributed by atoms with van der Waals surface area (Å²) >= 11 is 3.27. The number of hydrogen-bond donors (Lipinski definition) is 0. The van der Waals surface area contributed by atoms with Gasteiger partial charge in [-0.05, 0) is 13.8 Å². The summed E-state index contributed by atoms with van der Waals surface area (Å²) in [5.41, 5.74) is 1.37. The van der Waals surface area contributed by atoms with Gasteiger partial charge in [-0.15, -0.1) is 0 Å². The van der Waals surface area contributed by atoms with Gasteiger partial charge in [0.1, 0.15) is 0 Å². The summed E-state index contributed by atoms with van der Waals surface area (Å²) in [5, 5.41) is 0.981. The number of allylic oxidation sites excluding steroid dienone is 2. The second-order valence-electron chi connectivity index (χ2n) is 1.44. The smallest absolute Gasteiger partial charge is 0.0214 e. The molecule has 0 aliphatic heterocycles. The Kier molecular flexibility index (Phi) is 3.54. The summed E-state index contributed by atoms with van der Waals surface area (Å²) in [7, 11) is 0. The van der Waals surface area contributed by atoms with Crippen LogP contribution in [0.1, 0.15) is 13.8 Å². The first-order valence-corrected chi connectivity index (χ1v) is 3.09. The lowest BCUT2D eigenvalue weighted by atomic mass is 11.3. The average molecular weight is 154 g/mol. The number of halogens is 1. The second kappa shape index (κ2) is 3.41. The SMILES string of the molecule is [13CH3][13C]([13CH3])=[13CH][13CH2]Br. The zero-order chi connectivity index (χ0) is 4.99. The Labute approximate surface area is 47.4 Å². The lowest BCUT2D eigenvalue weighted by molar-refractivity contribution is 1.37. The highest BCUT2D eigenvalue weighted by molar-refractivity contribution is 9.09. The molecule has 0 radical (unpaired) electrons. The Morgan fingerprint density at radius 3 is 2.17 bits per heavy atom. The van der Waals surface area contributed by atoms with Crippen LogP contribution in [-0.4, -0.2) is 5.33 Å². The van der Waals surface area contributed by atoms with Gasteiger partial charge in [0.2, 0.25) is 0 Å². The molecule has 0 aromatic rings. The molecule has 0 N–H and O–H groups in total. The van der Waals surface area contributed by atoms with Crippen LogP contribution in [0.15, 0.2) is 11.6 Å². The highest BCUT2D eigenvalue weighted by Gasteiger charge is 1.68. The van der Waals surface area contributed by atoms with Crippen LogP contribution in [0.4, 0.5) is 0 Å². The maximum atomic E-state index is 3.27. The van der Waals surface area contributed by atoms with Crippen LogP contribution in [-0.2, 0) is 0 Å². The molecule has 0 saturated carbocycles. The van der Waals surface area contributed by atoms with Crippen LogP contribution in [0, 0.1) is 0 Å². The maximum absolute atomic E-state index is 3.27. The second-order valence-corrected chi connectivity index (χ2v) is 2.08. The van der Waals surface area contributed by atoms with Crippen LogP contribution >= 0.6 is 15.9 Å². The van der Waals surface area contributed by atoms with Gasteiger partial charge in [-0.3, -0.25) is 0 Å². The van der Waals surface area contributed by atoms with Crippen molar-refractivity contribution >= 4 is 15.9 Å². The Hall–Kier alpha value is 0.220. The van der Waals surface area contributed by atoms with Gasteiger partial charge < -0.3 is 0 Å². The highest BCUT2D eigenvalue weighted by Crippen LogP contribution is 1.89. The van der Waals surface area contributed by atoms with Gasteiger partial charge in [-0.25, -0.2) is 0 Å². The molecule has 0 amide bonds. The van der Waals surface area contributed by atoms with Crippen LogP contribution in [0.5, 0.6) is 0 Å². The largest absolute Gasteiger partial charge is 0.0883 e. The van der Waals surface area contributed by atoms with E-state index in [0.29, 0.717) is 0 Å². The van der Waals surface area contributed by atoms with E-state index in [2.05, 4.69) is 35.9 Å². The summed E-state index contributed by atoms with van der Waals surface area (Å²) in [5.74, 6) is 0. The van der Waals surface area contributed by atoms with Gasteiger partial charge in [0.15, 0.2) is 0 Å². The predicted octanol–water partition coefficient (Wildman–Crippen LogP) is 2.35. The van der Waals surface area contributed by atoms with E-state index >= 15 is 0 Å². The van der Waals surface area contributed by atoms with Crippen LogP contribution in [0.2, 0.25) is 0 Å². The van der Waals surface area contributed by atoms with Crippen LogP contribution in [0.3, 0.4) is 0 Å². The fourth-order valence-electron chi connectivity index (χ4n) is 0.154. The van der Waals surface area contributed by atoms with Gasteiger partial charge in [-0.1, -0.05) is 27.6 Å². The minimum atomic E-state index is 0.981. The van der Waals surface area contributed by atoms with Gasteiger partial charge in [0.05, 0.1) is 0 Å². The van der Waals surface area contributed by atoms with Gasteiger partial charge in [0.25, 0.3) is 0 Å². The van der Waals surface area contributed by atoms with Crippen molar-refractivity contribution in [3.8, 4) is 0 Å². The molecule has 0 aliphatic rings. The third-order valence-corrected chi connectivity index (χ3v) is 0.809. The van der Waals surface area contributed by atoms with Crippen LogP contribution in [0.25, 0.3) is 0 Å². The van der Waals surface area contributed by atoms with E-state index < -0.39 is 0 Å². The van der Waals surface area contributed by atoms with Gasteiger partial charge in [0, 0.05) is 5.33 Å². The van der Waals surface area contributed by atoms with Gasteiger partial charge >= 0.3 is 0 Å². The maximum Gasteiger partial charge on any atom is 0.0214 e. The first-order chi connectivity index (χ1) is 2.77. The summed E-state index contributed by atoms with van der Waals surface area (Å²) in [6, 6.07) is 0. The minimum Gasteiger partial charge on any atom is -0.0883 e. The lowest BCUT2D eigenvalue weighted by Gasteiger charge is -1.79. The molecule has 0 spiro atoms. The zero-order valence-corrected chi connectivity index (χ0v) is 5.75. The molecule has 6 heavy (non-hydrogen) atoms. The lowest BCUT2D eigenvalue weighted by Crippen LogP contribution is -1.62. The molecule has 0 bridgehead atoms. The normalized spacial score (nSPS) is 7.83. The molecule has 0 aromatic heterocycles. The Morgan fingerprint density at radius 1 is 1.67 bits per heavy atom. The minimum absolute atomic E-state index is 0.981. The fraction of sp³-hybridized carbons (Fsp3) is 0.600. The first-order valence-electron chi connectivity index (χ1n) is 1.96. The molecule has 0 unspecified atom stereocenters. The molecule has 0 saturated heterocycles. The number of hydrogen-bond acceptors (Lipinski definition) is 0. The van der Waals surface area contributed by atoms with E-state index in [1.165, 1.54) is 5.57 Å². The molecule has 0 rings (SSSR count). The molecule has 0 fully saturated rings. The fourth-order valence-corrected chi connectivity index (χ4v) is 0.802. The monoisotopic (exact) mass is 153 g/mol. The summed E-state index contributed by atoms with van der Waals surface area (Å²) in [4.78, 5) is 0. The van der Waals surface area contributed by atoms with Crippen molar-refractivity contribution in [2.45, 2.75) is 13.8 Å².